The number of rotatable bonds is 6. The van der Waals surface area contributed by atoms with E-state index in [1.54, 1.807) is 18.4 Å². The molecule has 0 aliphatic rings. The van der Waals surface area contributed by atoms with Crippen LogP contribution in [0.2, 0.25) is 0 Å². The topological polar surface area (TPSA) is 44.4 Å². The molecule has 4 nitrogen and oxygen atoms in total. The van der Waals surface area contributed by atoms with Crippen LogP contribution in [-0.4, -0.2) is 44.5 Å². The Morgan fingerprint density at radius 2 is 2.24 bits per heavy atom. The number of carbonyl (C=O) groups is 1. The van der Waals surface area contributed by atoms with Crippen molar-refractivity contribution in [1.82, 2.24) is 15.5 Å². The van der Waals surface area contributed by atoms with Crippen molar-refractivity contribution in [2.24, 2.45) is 0 Å². The molecule has 17 heavy (non-hydrogen) atoms. The number of nitrogens with zero attached hydrogens (tertiary/aromatic N) is 1. The van der Waals surface area contributed by atoms with Crippen LogP contribution < -0.4 is 10.6 Å². The maximum Gasteiger partial charge on any atom is 0.236 e. The van der Waals surface area contributed by atoms with Gasteiger partial charge in [0.2, 0.25) is 5.91 Å². The molecule has 0 bridgehead atoms. The van der Waals surface area contributed by atoms with Crippen LogP contribution in [0.4, 0.5) is 0 Å². The number of hydrogen-bond acceptors (Lipinski definition) is 4. The van der Waals surface area contributed by atoms with Gasteiger partial charge in [-0.15, -0.1) is 11.3 Å². The van der Waals surface area contributed by atoms with E-state index in [0.29, 0.717) is 6.54 Å². The average molecular weight is 255 g/mol. The average Bonchev–Trinajstić information content (AvgIpc) is 2.81. The zero-order chi connectivity index (χ0) is 12.8. The first kappa shape index (κ1) is 14.2. The summed E-state index contributed by atoms with van der Waals surface area (Å²) in [6, 6.07) is 4.22. The van der Waals surface area contributed by atoms with E-state index in [1.165, 1.54) is 4.88 Å². The normalized spacial score (nSPS) is 14.6. The zero-order valence-corrected chi connectivity index (χ0v) is 11.7. The fourth-order valence-corrected chi connectivity index (χ4v) is 2.42. The lowest BCUT2D eigenvalue weighted by Gasteiger charge is -2.24. The molecule has 5 heteroatoms. The van der Waals surface area contributed by atoms with Gasteiger partial charge in [-0.2, -0.15) is 0 Å². The third-order valence-corrected chi connectivity index (χ3v) is 3.76. The Hall–Kier alpha value is -0.910. The van der Waals surface area contributed by atoms with Gasteiger partial charge in [0.25, 0.3) is 0 Å². The van der Waals surface area contributed by atoms with Crippen molar-refractivity contribution in [3.05, 3.63) is 22.4 Å². The zero-order valence-electron chi connectivity index (χ0n) is 10.9. The van der Waals surface area contributed by atoms with E-state index in [9.17, 15) is 4.79 Å². The molecule has 0 radical (unpaired) electrons. The quantitative estimate of drug-likeness (QED) is 0.799. The maximum absolute atomic E-state index is 11.7. The van der Waals surface area contributed by atoms with Crippen LogP contribution in [0.3, 0.4) is 0 Å². The van der Waals surface area contributed by atoms with Crippen LogP contribution >= 0.6 is 11.3 Å². The van der Waals surface area contributed by atoms with E-state index >= 15 is 0 Å². The summed E-state index contributed by atoms with van der Waals surface area (Å²) in [7, 11) is 5.84. The summed E-state index contributed by atoms with van der Waals surface area (Å²) in [4.78, 5) is 15.1. The van der Waals surface area contributed by atoms with Gasteiger partial charge in [0.15, 0.2) is 0 Å². The third kappa shape index (κ3) is 4.11. The molecule has 2 atom stereocenters. The number of hydrogen-bond donors (Lipinski definition) is 2. The van der Waals surface area contributed by atoms with Gasteiger partial charge in [-0.05, 0) is 39.5 Å². The second-order valence-corrected chi connectivity index (χ2v) is 5.23. The van der Waals surface area contributed by atoms with Crippen LogP contribution in [-0.2, 0) is 4.79 Å². The predicted octanol–water partition coefficient (Wildman–Crippen LogP) is 1.07. The first-order valence-electron chi connectivity index (χ1n) is 5.71. The molecule has 0 aromatic carbocycles. The molecule has 1 amide bonds. The Kier molecular flexibility index (Phi) is 5.61. The molecular weight excluding hydrogens is 234 g/mol. The van der Waals surface area contributed by atoms with E-state index in [-0.39, 0.29) is 18.0 Å². The Morgan fingerprint density at radius 3 is 2.71 bits per heavy atom. The molecule has 0 spiro atoms. The summed E-state index contributed by atoms with van der Waals surface area (Å²) in [5.74, 6) is 0.0379. The Balaban J connectivity index is 2.55. The summed E-state index contributed by atoms with van der Waals surface area (Å²) in [6.45, 7) is 2.49. The number of thiophene rings is 1. The third-order valence-electron chi connectivity index (χ3n) is 2.79. The van der Waals surface area contributed by atoms with Crippen molar-refractivity contribution in [2.45, 2.75) is 19.0 Å². The summed E-state index contributed by atoms with van der Waals surface area (Å²) in [5.41, 5.74) is 0. The van der Waals surface area contributed by atoms with Crippen molar-refractivity contribution in [1.29, 1.82) is 0 Å². The molecule has 2 unspecified atom stereocenters. The minimum absolute atomic E-state index is 0.0379. The molecule has 0 fully saturated rings. The van der Waals surface area contributed by atoms with E-state index in [4.69, 9.17) is 0 Å². The van der Waals surface area contributed by atoms with Gasteiger partial charge in [0, 0.05) is 11.4 Å². The van der Waals surface area contributed by atoms with Crippen molar-refractivity contribution >= 4 is 17.2 Å². The van der Waals surface area contributed by atoms with Gasteiger partial charge in [-0.3, -0.25) is 4.79 Å². The molecule has 1 heterocycles. The van der Waals surface area contributed by atoms with E-state index in [1.807, 2.05) is 27.1 Å². The van der Waals surface area contributed by atoms with Crippen molar-refractivity contribution in [3.63, 3.8) is 0 Å². The number of amides is 1. The number of carbonyl (C=O) groups excluding carboxylic acids is 1. The highest BCUT2D eigenvalue weighted by Crippen LogP contribution is 2.22. The summed E-state index contributed by atoms with van der Waals surface area (Å²) < 4.78 is 0. The molecular formula is C12H21N3OS. The van der Waals surface area contributed by atoms with Crippen molar-refractivity contribution < 1.29 is 4.79 Å². The molecule has 1 rings (SSSR count). The fourth-order valence-electron chi connectivity index (χ4n) is 1.50. The minimum Gasteiger partial charge on any atom is -0.353 e. The molecule has 0 saturated heterocycles. The van der Waals surface area contributed by atoms with Gasteiger partial charge in [0.1, 0.15) is 0 Å². The molecule has 0 saturated carbocycles. The monoisotopic (exact) mass is 255 g/mol. The number of nitrogens with one attached hydrogen (secondary N) is 2. The van der Waals surface area contributed by atoms with E-state index in [0.717, 1.165) is 0 Å². The Bertz CT molecular complexity index is 338. The summed E-state index contributed by atoms with van der Waals surface area (Å²) in [5, 5.41) is 7.96. The molecule has 1 aromatic heterocycles. The van der Waals surface area contributed by atoms with Crippen LogP contribution in [0.1, 0.15) is 17.8 Å². The van der Waals surface area contributed by atoms with Crippen LogP contribution in [0, 0.1) is 0 Å². The highest BCUT2D eigenvalue weighted by atomic mass is 32.1. The Morgan fingerprint density at radius 1 is 1.53 bits per heavy atom. The standard InChI is InChI=1S/C12H21N3OS/c1-9(13-2)12(16)14-8-10(15(3)4)11-6-5-7-17-11/h5-7,9-10,13H,8H2,1-4H3,(H,14,16). The molecule has 0 aliphatic carbocycles. The van der Waals surface area contributed by atoms with Crippen molar-refractivity contribution in [3.8, 4) is 0 Å². The lowest BCUT2D eigenvalue weighted by atomic mass is 10.2. The van der Waals surface area contributed by atoms with Crippen molar-refractivity contribution in [2.75, 3.05) is 27.7 Å². The van der Waals surface area contributed by atoms with Crippen LogP contribution in [0.15, 0.2) is 17.5 Å². The van der Waals surface area contributed by atoms with Crippen LogP contribution in [0.25, 0.3) is 0 Å². The Labute approximate surface area is 107 Å². The molecule has 2 N–H and O–H groups in total. The first-order valence-corrected chi connectivity index (χ1v) is 6.59. The van der Waals surface area contributed by atoms with Gasteiger partial charge < -0.3 is 15.5 Å². The van der Waals surface area contributed by atoms with E-state index < -0.39 is 0 Å². The summed E-state index contributed by atoms with van der Waals surface area (Å²) >= 11 is 1.72. The minimum atomic E-state index is -0.152. The SMILES string of the molecule is CNC(C)C(=O)NCC(c1cccs1)N(C)C. The predicted molar refractivity (Wildman–Crippen MR) is 72.3 cm³/mol. The van der Waals surface area contributed by atoms with Gasteiger partial charge in [-0.1, -0.05) is 6.07 Å². The maximum atomic E-state index is 11.7. The largest absolute Gasteiger partial charge is 0.353 e. The second kappa shape index (κ2) is 6.74. The summed E-state index contributed by atoms with van der Waals surface area (Å²) in [6.07, 6.45) is 0. The smallest absolute Gasteiger partial charge is 0.236 e. The lowest BCUT2D eigenvalue weighted by Crippen LogP contribution is -2.43. The van der Waals surface area contributed by atoms with Gasteiger partial charge >= 0.3 is 0 Å². The molecule has 1 aromatic rings. The second-order valence-electron chi connectivity index (χ2n) is 4.25. The highest BCUT2D eigenvalue weighted by Gasteiger charge is 2.17. The molecule has 0 aliphatic heterocycles. The van der Waals surface area contributed by atoms with Gasteiger partial charge in [-0.25, -0.2) is 0 Å². The first-order chi connectivity index (χ1) is 8.06. The van der Waals surface area contributed by atoms with Crippen LogP contribution in [0.5, 0.6) is 0 Å². The number of likely N-dealkylation sites (N-methyl/N-ethyl adjacent to an activating group) is 2. The fraction of sp³-hybridized carbons (Fsp3) is 0.583. The molecule has 96 valence electrons. The van der Waals surface area contributed by atoms with E-state index in [2.05, 4.69) is 27.0 Å². The van der Waals surface area contributed by atoms with Gasteiger partial charge in [0.05, 0.1) is 12.1 Å². The highest BCUT2D eigenvalue weighted by molar-refractivity contribution is 7.10. The lowest BCUT2D eigenvalue weighted by molar-refractivity contribution is -0.122.